The smallest absolute Gasteiger partial charge is 0.418 e. The number of anilines is 2. The van der Waals surface area contributed by atoms with Gasteiger partial charge in [-0.2, -0.15) is 13.2 Å². The number of para-hydroxylation sites is 1. The van der Waals surface area contributed by atoms with E-state index in [0.29, 0.717) is 22.1 Å². The zero-order chi connectivity index (χ0) is 28.0. The second-order valence-electron chi connectivity index (χ2n) is 9.24. The van der Waals surface area contributed by atoms with Gasteiger partial charge in [0.2, 0.25) is 24.5 Å². The molecule has 1 heterocycles. The number of carbonyl (C=O) groups excluding carboxylic acids is 3. The van der Waals surface area contributed by atoms with Gasteiger partial charge in [-0.3, -0.25) is 18.6 Å². The first-order valence-electron chi connectivity index (χ1n) is 12.4. The average molecular weight is 568 g/mol. The summed E-state index contributed by atoms with van der Waals surface area (Å²) in [5.74, 6) is -2.65. The first-order chi connectivity index (χ1) is 18.6. The third-order valence-electron chi connectivity index (χ3n) is 6.31. The fourth-order valence-electron chi connectivity index (χ4n) is 4.50. The highest BCUT2D eigenvalue weighted by molar-refractivity contribution is 7.86. The lowest BCUT2D eigenvalue weighted by Crippen LogP contribution is -2.46. The standard InChI is InChI=1S/C26H28F3N3O6S/c27-26(28,29)19-8-4-5-9-20(19)32(13-23(33)30-17-6-2-1-3-7-17)25(35)15-39(36)14-24(34)31-18-10-11-21-22(12-18)38-16-37-21/h4-5,8-12,17H,1-3,6-7,13-16H2,(H,30,33)(H,31,34)/t39-/m0/s1. The molecule has 2 aromatic rings. The topological polar surface area (TPSA) is 114 Å². The molecule has 39 heavy (non-hydrogen) atoms. The van der Waals surface area contributed by atoms with Crippen LogP contribution in [0, 0.1) is 0 Å². The highest BCUT2D eigenvalue weighted by Crippen LogP contribution is 2.37. The Kier molecular flexibility index (Phi) is 9.10. The maximum absolute atomic E-state index is 13.7. The highest BCUT2D eigenvalue weighted by atomic mass is 32.2. The average Bonchev–Trinajstić information content (AvgIpc) is 3.35. The van der Waals surface area contributed by atoms with Crippen LogP contribution in [0.2, 0.25) is 0 Å². The van der Waals surface area contributed by atoms with Gasteiger partial charge in [0, 0.05) is 28.6 Å². The zero-order valence-electron chi connectivity index (χ0n) is 20.9. The van der Waals surface area contributed by atoms with Gasteiger partial charge in [-0.1, -0.05) is 31.4 Å². The van der Waals surface area contributed by atoms with Crippen LogP contribution in [0.25, 0.3) is 0 Å². The van der Waals surface area contributed by atoms with E-state index >= 15 is 0 Å². The number of halogens is 3. The Morgan fingerprint density at radius 2 is 1.67 bits per heavy atom. The van der Waals surface area contributed by atoms with Gasteiger partial charge < -0.3 is 25.0 Å². The van der Waals surface area contributed by atoms with E-state index in [1.807, 2.05) is 0 Å². The normalized spacial score (nSPS) is 15.9. The molecule has 0 saturated heterocycles. The number of nitrogens with one attached hydrogen (secondary N) is 2. The Bertz CT molecular complexity index is 1250. The molecule has 1 aliphatic carbocycles. The monoisotopic (exact) mass is 567 g/mol. The number of hydrogen-bond donors (Lipinski definition) is 2. The molecule has 1 fully saturated rings. The predicted molar refractivity (Wildman–Crippen MR) is 138 cm³/mol. The van der Waals surface area contributed by atoms with Crippen LogP contribution in [0.15, 0.2) is 42.5 Å². The van der Waals surface area contributed by atoms with Gasteiger partial charge in [-0.05, 0) is 37.1 Å². The Morgan fingerprint density at radius 1 is 0.949 bits per heavy atom. The van der Waals surface area contributed by atoms with E-state index in [1.54, 1.807) is 12.1 Å². The van der Waals surface area contributed by atoms with Gasteiger partial charge in [-0.25, -0.2) is 0 Å². The van der Waals surface area contributed by atoms with Gasteiger partial charge in [-0.15, -0.1) is 0 Å². The van der Waals surface area contributed by atoms with Gasteiger partial charge in [0.25, 0.3) is 0 Å². The SMILES string of the molecule is O=C(C[S@](=O)CC(=O)N(CC(=O)NC1CCCCC1)c1ccccc1C(F)(F)F)Nc1ccc2c(c1)OCO2. The Hall–Kier alpha value is -3.61. The van der Waals surface area contributed by atoms with Crippen molar-refractivity contribution in [3.63, 3.8) is 0 Å². The Balaban J connectivity index is 1.44. The summed E-state index contributed by atoms with van der Waals surface area (Å²) in [6, 6.07) is 8.95. The van der Waals surface area contributed by atoms with Crippen molar-refractivity contribution >= 4 is 39.9 Å². The van der Waals surface area contributed by atoms with E-state index in [-0.39, 0.29) is 12.8 Å². The van der Waals surface area contributed by atoms with Gasteiger partial charge >= 0.3 is 6.18 Å². The van der Waals surface area contributed by atoms with Crippen LogP contribution in [0.3, 0.4) is 0 Å². The molecule has 1 atom stereocenters. The van der Waals surface area contributed by atoms with Crippen LogP contribution < -0.4 is 25.0 Å². The quantitative estimate of drug-likeness (QED) is 0.479. The van der Waals surface area contributed by atoms with Crippen molar-refractivity contribution < 1.29 is 41.2 Å². The minimum atomic E-state index is -4.79. The van der Waals surface area contributed by atoms with E-state index in [0.717, 1.165) is 44.2 Å². The molecular formula is C26H28F3N3O6S. The highest BCUT2D eigenvalue weighted by Gasteiger charge is 2.36. The van der Waals surface area contributed by atoms with Crippen LogP contribution in [-0.2, 0) is 31.4 Å². The summed E-state index contributed by atoms with van der Waals surface area (Å²) in [5.41, 5.74) is -1.27. The van der Waals surface area contributed by atoms with Crippen molar-refractivity contribution in [2.75, 3.05) is 35.1 Å². The fourth-order valence-corrected chi connectivity index (χ4v) is 5.40. The van der Waals surface area contributed by atoms with Gasteiger partial charge in [0.15, 0.2) is 11.5 Å². The summed E-state index contributed by atoms with van der Waals surface area (Å²) in [7, 11) is -2.07. The number of alkyl halides is 3. The molecule has 4 rings (SSSR count). The third kappa shape index (κ3) is 7.71. The summed E-state index contributed by atoms with van der Waals surface area (Å²) >= 11 is 0. The molecule has 3 amide bonds. The lowest BCUT2D eigenvalue weighted by molar-refractivity contribution is -0.137. The molecule has 0 unspecified atom stereocenters. The van der Waals surface area contributed by atoms with Crippen molar-refractivity contribution in [2.45, 2.75) is 44.3 Å². The molecule has 13 heteroatoms. The molecule has 0 bridgehead atoms. The third-order valence-corrected chi connectivity index (χ3v) is 7.46. The summed E-state index contributed by atoms with van der Waals surface area (Å²) in [5, 5.41) is 5.33. The van der Waals surface area contributed by atoms with Gasteiger partial charge in [0.1, 0.15) is 18.1 Å². The fraction of sp³-hybridized carbons (Fsp3) is 0.423. The van der Waals surface area contributed by atoms with E-state index in [9.17, 15) is 31.8 Å². The van der Waals surface area contributed by atoms with Crippen LogP contribution in [0.5, 0.6) is 11.5 Å². The van der Waals surface area contributed by atoms with Crippen molar-refractivity contribution in [1.82, 2.24) is 5.32 Å². The molecule has 1 saturated carbocycles. The van der Waals surface area contributed by atoms with E-state index in [4.69, 9.17) is 9.47 Å². The van der Waals surface area contributed by atoms with Gasteiger partial charge in [0.05, 0.1) is 11.3 Å². The molecule has 0 radical (unpaired) electrons. The maximum atomic E-state index is 13.7. The summed E-state index contributed by atoms with van der Waals surface area (Å²) in [6.45, 7) is -0.630. The Labute approximate surface area is 225 Å². The number of amides is 3. The molecule has 210 valence electrons. The van der Waals surface area contributed by atoms with Crippen molar-refractivity contribution in [3.05, 3.63) is 48.0 Å². The number of hydrogen-bond acceptors (Lipinski definition) is 6. The van der Waals surface area contributed by atoms with Crippen molar-refractivity contribution in [3.8, 4) is 11.5 Å². The van der Waals surface area contributed by atoms with Crippen LogP contribution in [0.4, 0.5) is 24.5 Å². The first kappa shape index (κ1) is 28.4. The number of rotatable bonds is 9. The molecule has 0 aromatic heterocycles. The van der Waals surface area contributed by atoms with Crippen LogP contribution in [0.1, 0.15) is 37.7 Å². The second kappa shape index (κ2) is 12.5. The second-order valence-corrected chi connectivity index (χ2v) is 10.7. The van der Waals surface area contributed by atoms with E-state index in [2.05, 4.69) is 10.6 Å². The predicted octanol–water partition coefficient (Wildman–Crippen LogP) is 3.60. The van der Waals surface area contributed by atoms with Crippen molar-refractivity contribution in [1.29, 1.82) is 0 Å². The largest absolute Gasteiger partial charge is 0.454 e. The molecule has 2 N–H and O–H groups in total. The van der Waals surface area contributed by atoms with E-state index in [1.165, 1.54) is 18.2 Å². The molecule has 1 aliphatic heterocycles. The summed E-state index contributed by atoms with van der Waals surface area (Å²) in [6.07, 6.45) is -0.388. The summed E-state index contributed by atoms with van der Waals surface area (Å²) in [4.78, 5) is 39.0. The Morgan fingerprint density at radius 3 is 2.41 bits per heavy atom. The molecule has 2 aromatic carbocycles. The minimum Gasteiger partial charge on any atom is -0.454 e. The molecule has 2 aliphatic rings. The van der Waals surface area contributed by atoms with Crippen LogP contribution in [-0.4, -0.2) is 52.8 Å². The first-order valence-corrected chi connectivity index (χ1v) is 13.9. The molecular weight excluding hydrogens is 539 g/mol. The number of ether oxygens (including phenoxy) is 2. The summed E-state index contributed by atoms with van der Waals surface area (Å²) < 4.78 is 64.4. The number of benzene rings is 2. The number of carbonyl (C=O) groups is 3. The number of fused-ring (bicyclic) bond motifs is 1. The van der Waals surface area contributed by atoms with E-state index < -0.39 is 64.0 Å². The van der Waals surface area contributed by atoms with Crippen LogP contribution >= 0.6 is 0 Å². The van der Waals surface area contributed by atoms with Crippen molar-refractivity contribution in [2.24, 2.45) is 0 Å². The zero-order valence-corrected chi connectivity index (χ0v) is 21.7. The lowest BCUT2D eigenvalue weighted by Gasteiger charge is -2.28. The molecule has 0 spiro atoms. The molecule has 9 nitrogen and oxygen atoms in total. The lowest BCUT2D eigenvalue weighted by atomic mass is 9.95. The number of nitrogens with zero attached hydrogens (tertiary/aromatic N) is 1. The maximum Gasteiger partial charge on any atom is 0.418 e. The minimum absolute atomic E-state index is 0.0471.